The third-order valence-corrected chi connectivity index (χ3v) is 6.02. The summed E-state index contributed by atoms with van der Waals surface area (Å²) in [7, 11) is 1.65. The van der Waals surface area contributed by atoms with Crippen molar-refractivity contribution in [2.75, 3.05) is 31.6 Å². The second kappa shape index (κ2) is 8.27. The minimum absolute atomic E-state index is 0.0131. The number of piperidine rings is 1. The Labute approximate surface area is 172 Å². The molecule has 152 valence electrons. The number of amides is 2. The molecule has 0 aromatic heterocycles. The number of benzene rings is 2. The zero-order valence-corrected chi connectivity index (χ0v) is 17.2. The molecule has 0 spiro atoms. The van der Waals surface area contributed by atoms with Gasteiger partial charge in [0.25, 0.3) is 5.91 Å². The molecule has 4 rings (SSSR count). The smallest absolute Gasteiger partial charge is 0.253 e. The third-order valence-electron chi connectivity index (χ3n) is 6.02. The van der Waals surface area contributed by atoms with Crippen LogP contribution < -0.4 is 9.64 Å². The molecule has 5 nitrogen and oxygen atoms in total. The van der Waals surface area contributed by atoms with Gasteiger partial charge in [0, 0.05) is 25.2 Å². The summed E-state index contributed by atoms with van der Waals surface area (Å²) in [6, 6.07) is 13.6. The molecule has 1 atom stereocenters. The molecule has 1 fully saturated rings. The summed E-state index contributed by atoms with van der Waals surface area (Å²) in [5.74, 6) is 0.698. The number of ether oxygens (including phenoxy) is 1. The van der Waals surface area contributed by atoms with E-state index < -0.39 is 0 Å². The van der Waals surface area contributed by atoms with E-state index >= 15 is 0 Å². The summed E-state index contributed by atoms with van der Waals surface area (Å²) in [6.07, 6.45) is 3.57. The van der Waals surface area contributed by atoms with Crippen molar-refractivity contribution in [3.63, 3.8) is 0 Å². The number of anilines is 1. The van der Waals surface area contributed by atoms with Crippen LogP contribution in [0.15, 0.2) is 42.5 Å². The Morgan fingerprint density at radius 3 is 2.59 bits per heavy atom. The highest BCUT2D eigenvalue weighted by Crippen LogP contribution is 2.37. The van der Waals surface area contributed by atoms with Gasteiger partial charge < -0.3 is 14.5 Å². The van der Waals surface area contributed by atoms with Gasteiger partial charge in [-0.3, -0.25) is 9.59 Å². The maximum Gasteiger partial charge on any atom is 0.253 e. The maximum atomic E-state index is 13.5. The Hall–Kier alpha value is -2.82. The van der Waals surface area contributed by atoms with E-state index in [1.165, 1.54) is 0 Å². The van der Waals surface area contributed by atoms with Crippen molar-refractivity contribution in [1.82, 2.24) is 4.90 Å². The quantitative estimate of drug-likeness (QED) is 0.798. The average Bonchev–Trinajstić information content (AvgIpc) is 2.78. The number of aryl methyl sites for hydroxylation is 2. The van der Waals surface area contributed by atoms with E-state index in [1.807, 2.05) is 53.1 Å². The highest BCUT2D eigenvalue weighted by Gasteiger charge is 2.34. The molecule has 0 saturated carbocycles. The Bertz CT molecular complexity index is 893. The third kappa shape index (κ3) is 3.86. The molecule has 5 heteroatoms. The molecular formula is C24H28N2O3. The molecular weight excluding hydrogens is 364 g/mol. The van der Waals surface area contributed by atoms with Gasteiger partial charge in [0.2, 0.25) is 5.91 Å². The van der Waals surface area contributed by atoms with Crippen LogP contribution in [0.4, 0.5) is 5.69 Å². The monoisotopic (exact) mass is 392 g/mol. The van der Waals surface area contributed by atoms with Crippen LogP contribution in [-0.2, 0) is 11.2 Å². The molecule has 2 aromatic carbocycles. The first kappa shape index (κ1) is 19.5. The van der Waals surface area contributed by atoms with Gasteiger partial charge in [-0.25, -0.2) is 0 Å². The summed E-state index contributed by atoms with van der Waals surface area (Å²) in [5, 5.41) is 0. The van der Waals surface area contributed by atoms with Crippen molar-refractivity contribution >= 4 is 17.5 Å². The first-order chi connectivity index (χ1) is 14.1. The van der Waals surface area contributed by atoms with E-state index in [9.17, 15) is 9.59 Å². The number of rotatable bonds is 3. The Kier molecular flexibility index (Phi) is 5.56. The molecule has 2 amide bonds. The van der Waals surface area contributed by atoms with E-state index in [0.717, 1.165) is 48.2 Å². The minimum Gasteiger partial charge on any atom is -0.495 e. The first-order valence-corrected chi connectivity index (χ1v) is 10.4. The van der Waals surface area contributed by atoms with Crippen LogP contribution in [0.25, 0.3) is 0 Å². The molecule has 2 aliphatic heterocycles. The van der Waals surface area contributed by atoms with Crippen LogP contribution in [0.2, 0.25) is 0 Å². The number of carbonyl (C=O) groups is 2. The second-order valence-corrected chi connectivity index (χ2v) is 8.02. The number of hydrogen-bond donors (Lipinski definition) is 0. The van der Waals surface area contributed by atoms with Crippen molar-refractivity contribution in [3.05, 3.63) is 59.2 Å². The predicted molar refractivity (Wildman–Crippen MR) is 113 cm³/mol. The Balaban J connectivity index is 1.53. The molecule has 2 heterocycles. The molecule has 1 saturated heterocycles. The number of fused-ring (bicyclic) bond motifs is 1. The lowest BCUT2D eigenvalue weighted by molar-refractivity contribution is -0.123. The molecule has 1 unspecified atom stereocenters. The van der Waals surface area contributed by atoms with Crippen LogP contribution >= 0.6 is 0 Å². The van der Waals surface area contributed by atoms with Gasteiger partial charge in [-0.1, -0.05) is 29.8 Å². The van der Waals surface area contributed by atoms with E-state index in [1.54, 1.807) is 7.11 Å². The fourth-order valence-corrected chi connectivity index (χ4v) is 4.46. The van der Waals surface area contributed by atoms with Gasteiger partial charge in [0.05, 0.1) is 18.7 Å². The summed E-state index contributed by atoms with van der Waals surface area (Å²) < 4.78 is 5.55. The SMILES string of the molecule is COc1cccc2c1N(C(=O)C1CCCN(C(=O)c3ccc(C)cc3)C1)CCC2. The molecule has 29 heavy (non-hydrogen) atoms. The predicted octanol–water partition coefficient (Wildman–Crippen LogP) is 3.84. The highest BCUT2D eigenvalue weighted by molar-refractivity contribution is 5.99. The fraction of sp³-hybridized carbons (Fsp3) is 0.417. The van der Waals surface area contributed by atoms with Gasteiger partial charge in [-0.05, 0) is 56.4 Å². The number of nitrogens with zero attached hydrogens (tertiary/aromatic N) is 2. The first-order valence-electron chi connectivity index (χ1n) is 10.4. The van der Waals surface area contributed by atoms with Crippen LogP contribution in [-0.4, -0.2) is 43.5 Å². The number of likely N-dealkylation sites (tertiary alicyclic amines) is 1. The fourth-order valence-electron chi connectivity index (χ4n) is 4.46. The van der Waals surface area contributed by atoms with Crippen LogP contribution in [0.1, 0.15) is 40.7 Å². The number of carbonyl (C=O) groups excluding carboxylic acids is 2. The minimum atomic E-state index is -0.172. The van der Waals surface area contributed by atoms with Gasteiger partial charge in [0.15, 0.2) is 0 Å². The molecule has 2 aliphatic rings. The van der Waals surface area contributed by atoms with Crippen molar-refractivity contribution in [2.45, 2.75) is 32.6 Å². The lowest BCUT2D eigenvalue weighted by Crippen LogP contribution is -2.48. The Morgan fingerprint density at radius 1 is 1.03 bits per heavy atom. The highest BCUT2D eigenvalue weighted by atomic mass is 16.5. The number of hydrogen-bond acceptors (Lipinski definition) is 3. The van der Waals surface area contributed by atoms with Crippen molar-refractivity contribution in [1.29, 1.82) is 0 Å². The van der Waals surface area contributed by atoms with Gasteiger partial charge in [0.1, 0.15) is 5.75 Å². The van der Waals surface area contributed by atoms with Gasteiger partial charge in [-0.2, -0.15) is 0 Å². The zero-order valence-electron chi connectivity index (χ0n) is 17.2. The normalized spacial score (nSPS) is 18.9. The Morgan fingerprint density at radius 2 is 1.83 bits per heavy atom. The summed E-state index contributed by atoms with van der Waals surface area (Å²) >= 11 is 0. The van der Waals surface area contributed by atoms with Crippen molar-refractivity contribution in [2.24, 2.45) is 5.92 Å². The topological polar surface area (TPSA) is 49.9 Å². The van der Waals surface area contributed by atoms with Crippen molar-refractivity contribution in [3.8, 4) is 5.75 Å². The maximum absolute atomic E-state index is 13.5. The van der Waals surface area contributed by atoms with Gasteiger partial charge in [-0.15, -0.1) is 0 Å². The van der Waals surface area contributed by atoms with Crippen LogP contribution in [0, 0.1) is 12.8 Å². The molecule has 0 aliphatic carbocycles. The lowest BCUT2D eigenvalue weighted by Gasteiger charge is -2.37. The van der Waals surface area contributed by atoms with Crippen LogP contribution in [0.5, 0.6) is 5.75 Å². The molecule has 0 bridgehead atoms. The van der Waals surface area contributed by atoms with E-state index in [4.69, 9.17) is 4.74 Å². The van der Waals surface area contributed by atoms with Crippen LogP contribution in [0.3, 0.4) is 0 Å². The molecule has 0 radical (unpaired) electrons. The molecule has 0 N–H and O–H groups in total. The van der Waals surface area contributed by atoms with E-state index in [0.29, 0.717) is 25.2 Å². The lowest BCUT2D eigenvalue weighted by atomic mass is 9.93. The van der Waals surface area contributed by atoms with Crippen molar-refractivity contribution < 1.29 is 14.3 Å². The molecule has 2 aromatic rings. The number of methoxy groups -OCH3 is 1. The zero-order chi connectivity index (χ0) is 20.4. The summed E-state index contributed by atoms with van der Waals surface area (Å²) in [5.41, 5.74) is 3.89. The van der Waals surface area contributed by atoms with E-state index in [-0.39, 0.29) is 17.7 Å². The van der Waals surface area contributed by atoms with Gasteiger partial charge >= 0.3 is 0 Å². The van der Waals surface area contributed by atoms with E-state index in [2.05, 4.69) is 6.07 Å². The summed E-state index contributed by atoms with van der Waals surface area (Å²) in [4.78, 5) is 30.1. The average molecular weight is 392 g/mol. The summed E-state index contributed by atoms with van der Waals surface area (Å²) in [6.45, 7) is 3.89. The largest absolute Gasteiger partial charge is 0.495 e. The number of para-hydroxylation sites is 1. The standard InChI is InChI=1S/C24H28N2O3/c1-17-10-12-19(13-11-17)23(27)25-14-4-8-20(16-25)24(28)26-15-5-7-18-6-3-9-21(29-2)22(18)26/h3,6,9-13,20H,4-5,7-8,14-16H2,1-2H3. The second-order valence-electron chi connectivity index (χ2n) is 8.02.